The van der Waals surface area contributed by atoms with E-state index in [1.54, 1.807) is 24.3 Å². The van der Waals surface area contributed by atoms with Crippen LogP contribution in [0.1, 0.15) is 17.2 Å². The molecule has 3 aromatic rings. The molecule has 10 heteroatoms. The van der Waals surface area contributed by atoms with Crippen molar-refractivity contribution in [2.24, 2.45) is 0 Å². The third kappa shape index (κ3) is 5.78. The summed E-state index contributed by atoms with van der Waals surface area (Å²) >= 11 is 0. The monoisotopic (exact) mass is 462 g/mol. The highest BCUT2D eigenvalue weighted by atomic mass is 19.4. The first-order valence-electron chi connectivity index (χ1n) is 9.79. The highest BCUT2D eigenvalue weighted by molar-refractivity contribution is 5.84. The molecular weight excluding hydrogens is 441 g/mol. The average molecular weight is 462 g/mol. The van der Waals surface area contributed by atoms with Gasteiger partial charge in [-0.2, -0.15) is 18.3 Å². The maximum atomic E-state index is 13.8. The van der Waals surface area contributed by atoms with E-state index in [1.807, 2.05) is 0 Å². The van der Waals surface area contributed by atoms with Crippen LogP contribution in [0.25, 0.3) is 10.8 Å². The van der Waals surface area contributed by atoms with Crippen LogP contribution in [0.4, 0.5) is 13.2 Å². The second-order valence-corrected chi connectivity index (χ2v) is 6.94. The Morgan fingerprint density at radius 1 is 1.12 bits per heavy atom. The number of benzene rings is 2. The third-order valence-electron chi connectivity index (χ3n) is 4.82. The summed E-state index contributed by atoms with van der Waals surface area (Å²) in [6.07, 6.45) is -3.76. The highest BCUT2D eigenvalue weighted by Gasteiger charge is 2.42. The number of carbonyl (C=O) groups excluding carboxylic acids is 1. The molecule has 2 aromatic carbocycles. The van der Waals surface area contributed by atoms with Gasteiger partial charge in [-0.1, -0.05) is 30.3 Å². The van der Waals surface area contributed by atoms with Crippen molar-refractivity contribution < 1.29 is 32.2 Å². The molecule has 0 amide bonds. The van der Waals surface area contributed by atoms with Crippen LogP contribution in [-0.4, -0.2) is 42.8 Å². The molecule has 7 nitrogen and oxygen atoms in total. The number of aromatic nitrogens is 2. The molecule has 3 rings (SSSR count). The molecular formula is C23H21F3N2O5. The molecule has 33 heavy (non-hydrogen) atoms. The van der Waals surface area contributed by atoms with Crippen molar-refractivity contribution in [3.63, 3.8) is 0 Å². The van der Waals surface area contributed by atoms with Gasteiger partial charge in [0.1, 0.15) is 5.75 Å². The molecule has 174 valence electrons. The van der Waals surface area contributed by atoms with E-state index < -0.39 is 30.4 Å². The van der Waals surface area contributed by atoms with Gasteiger partial charge >= 0.3 is 12.1 Å². The van der Waals surface area contributed by atoms with Crippen LogP contribution in [0.15, 0.2) is 65.6 Å². The minimum atomic E-state index is -4.76. The third-order valence-corrected chi connectivity index (χ3v) is 4.82. The first kappa shape index (κ1) is 24.0. The summed E-state index contributed by atoms with van der Waals surface area (Å²) in [7, 11) is 2.69. The van der Waals surface area contributed by atoms with E-state index >= 15 is 0 Å². The first-order chi connectivity index (χ1) is 15.7. The van der Waals surface area contributed by atoms with E-state index in [4.69, 9.17) is 9.47 Å². The zero-order valence-electron chi connectivity index (χ0n) is 17.8. The zero-order chi connectivity index (χ0) is 24.0. The molecule has 1 aromatic heterocycles. The fraction of sp³-hybridized carbons (Fsp3) is 0.261. The predicted octanol–water partition coefficient (Wildman–Crippen LogP) is 3.80. The largest absolute Gasteiger partial charge is 0.497 e. The summed E-state index contributed by atoms with van der Waals surface area (Å²) in [4.78, 5) is 24.0. The Balaban J connectivity index is 1.93. The second kappa shape index (κ2) is 10.3. The van der Waals surface area contributed by atoms with Crippen molar-refractivity contribution in [3.05, 3.63) is 82.3 Å². The molecule has 0 spiro atoms. The lowest BCUT2D eigenvalue weighted by Gasteiger charge is -2.22. The number of hydrogen-bond donors (Lipinski definition) is 0. The van der Waals surface area contributed by atoms with Crippen LogP contribution < -0.4 is 10.3 Å². The minimum Gasteiger partial charge on any atom is -0.497 e. The number of carbonyl (C=O) groups is 1. The van der Waals surface area contributed by atoms with Gasteiger partial charge in [0.15, 0.2) is 6.10 Å². The van der Waals surface area contributed by atoms with Gasteiger partial charge in [0.25, 0.3) is 5.56 Å². The topological polar surface area (TPSA) is 79.7 Å². The zero-order valence-corrected chi connectivity index (χ0v) is 17.8. The summed E-state index contributed by atoms with van der Waals surface area (Å²) < 4.78 is 57.0. The molecule has 0 radical (unpaired) electrons. The lowest BCUT2D eigenvalue weighted by molar-refractivity contribution is -0.220. The number of fused-ring (bicyclic) bond motifs is 1. The standard InChI is InChI=1S/C23H21F3N2O5/c1-31-16-10-8-15(9-11-16)14-28-22(30)18-6-3-5-17(19(18)13-27-28)21(23(24,25)26)33-12-4-7-20(29)32-2/h3-11,13,21H,12,14H2,1-2H3/b7-4+. The quantitative estimate of drug-likeness (QED) is 0.374. The number of rotatable bonds is 8. The molecule has 1 unspecified atom stereocenters. The molecule has 0 aliphatic heterocycles. The van der Waals surface area contributed by atoms with Gasteiger partial charge in [-0.05, 0) is 29.3 Å². The maximum absolute atomic E-state index is 13.8. The Morgan fingerprint density at radius 2 is 1.85 bits per heavy atom. The van der Waals surface area contributed by atoms with Crippen LogP contribution in [-0.2, 0) is 20.8 Å². The van der Waals surface area contributed by atoms with Crippen molar-refractivity contribution in [3.8, 4) is 5.75 Å². The average Bonchev–Trinajstić information content (AvgIpc) is 2.80. The van der Waals surface area contributed by atoms with Crippen molar-refractivity contribution in [1.82, 2.24) is 9.78 Å². The van der Waals surface area contributed by atoms with E-state index in [0.717, 1.165) is 24.8 Å². The van der Waals surface area contributed by atoms with Crippen LogP contribution in [0.5, 0.6) is 5.75 Å². The van der Waals surface area contributed by atoms with E-state index in [2.05, 4.69) is 9.84 Å². The number of hydrogen-bond acceptors (Lipinski definition) is 6. The Labute approximate surface area is 187 Å². The highest BCUT2D eigenvalue weighted by Crippen LogP contribution is 2.38. The molecule has 0 N–H and O–H groups in total. The Morgan fingerprint density at radius 3 is 2.48 bits per heavy atom. The summed E-state index contributed by atoms with van der Waals surface area (Å²) in [5.74, 6) is -0.0595. The van der Waals surface area contributed by atoms with Gasteiger partial charge in [-0.3, -0.25) is 4.79 Å². The molecule has 0 bridgehead atoms. The fourth-order valence-electron chi connectivity index (χ4n) is 3.20. The smallest absolute Gasteiger partial charge is 0.418 e. The van der Waals surface area contributed by atoms with Gasteiger partial charge in [-0.15, -0.1) is 0 Å². The maximum Gasteiger partial charge on any atom is 0.418 e. The normalized spacial score (nSPS) is 12.8. The summed E-state index contributed by atoms with van der Waals surface area (Å²) in [6.45, 7) is -0.349. The lowest BCUT2D eigenvalue weighted by Crippen LogP contribution is -2.26. The van der Waals surface area contributed by atoms with Gasteiger partial charge in [0.05, 0.1) is 39.0 Å². The van der Waals surface area contributed by atoms with E-state index in [-0.39, 0.29) is 22.9 Å². The fourth-order valence-corrected chi connectivity index (χ4v) is 3.20. The number of nitrogens with zero attached hydrogens (tertiary/aromatic N) is 2. The molecule has 1 atom stereocenters. The first-order valence-corrected chi connectivity index (χ1v) is 9.79. The molecule has 0 aliphatic carbocycles. The molecule has 0 fully saturated rings. The summed E-state index contributed by atoms with van der Waals surface area (Å²) in [5, 5.41) is 4.19. The molecule has 0 aliphatic rings. The SMILES string of the molecule is COC(=O)/C=C/COC(c1cccc2c(=O)n(Cc3ccc(OC)cc3)ncc12)C(F)(F)F. The van der Waals surface area contributed by atoms with Crippen molar-refractivity contribution in [2.75, 3.05) is 20.8 Å². The van der Waals surface area contributed by atoms with Crippen molar-refractivity contribution in [1.29, 1.82) is 0 Å². The van der Waals surface area contributed by atoms with Gasteiger partial charge in [0.2, 0.25) is 0 Å². The molecule has 0 saturated heterocycles. The van der Waals surface area contributed by atoms with Gasteiger partial charge < -0.3 is 14.2 Å². The molecule has 1 heterocycles. The van der Waals surface area contributed by atoms with Crippen LogP contribution in [0.3, 0.4) is 0 Å². The van der Waals surface area contributed by atoms with Crippen molar-refractivity contribution in [2.45, 2.75) is 18.8 Å². The van der Waals surface area contributed by atoms with Crippen LogP contribution >= 0.6 is 0 Å². The minimum absolute atomic E-state index is 0.0350. The van der Waals surface area contributed by atoms with E-state index in [1.165, 1.54) is 36.2 Å². The number of ether oxygens (including phenoxy) is 3. The number of alkyl halides is 3. The van der Waals surface area contributed by atoms with Crippen LogP contribution in [0.2, 0.25) is 0 Å². The second-order valence-electron chi connectivity index (χ2n) is 6.94. The number of esters is 1. The summed E-state index contributed by atoms with van der Waals surface area (Å²) in [5.41, 5.74) is -0.000792. The summed E-state index contributed by atoms with van der Waals surface area (Å²) in [6, 6.07) is 11.0. The van der Waals surface area contributed by atoms with E-state index in [9.17, 15) is 22.8 Å². The lowest BCUT2D eigenvalue weighted by atomic mass is 10.0. The molecule has 0 saturated carbocycles. The van der Waals surface area contributed by atoms with E-state index in [0.29, 0.717) is 5.75 Å². The van der Waals surface area contributed by atoms with Crippen molar-refractivity contribution >= 4 is 16.7 Å². The number of halogens is 3. The Hall–Kier alpha value is -3.66. The number of methoxy groups -OCH3 is 2. The van der Waals surface area contributed by atoms with Gasteiger partial charge in [-0.25, -0.2) is 9.48 Å². The Kier molecular flexibility index (Phi) is 7.49. The Bertz CT molecular complexity index is 1200. The van der Waals surface area contributed by atoms with Gasteiger partial charge in [0, 0.05) is 11.5 Å². The predicted molar refractivity (Wildman–Crippen MR) is 114 cm³/mol. The van der Waals surface area contributed by atoms with Crippen LogP contribution in [0, 0.1) is 0 Å².